The average Bonchev–Trinajstić information content (AvgIpc) is 1.99. The van der Waals surface area contributed by atoms with Crippen LogP contribution in [0.2, 0.25) is 0 Å². The summed E-state index contributed by atoms with van der Waals surface area (Å²) in [6.45, 7) is 2.15. The van der Waals surface area contributed by atoms with Gasteiger partial charge in [0.05, 0.1) is 0 Å². The molecule has 3 heteroatoms. The Morgan fingerprint density at radius 1 is 1.27 bits per heavy atom. The summed E-state index contributed by atoms with van der Waals surface area (Å²) in [6.07, 6.45) is 5.14. The Morgan fingerprint density at radius 2 is 1.91 bits per heavy atom. The van der Waals surface area contributed by atoms with E-state index in [9.17, 15) is 4.39 Å². The van der Waals surface area contributed by atoms with Gasteiger partial charge in [0.15, 0.2) is 4.58 Å². The van der Waals surface area contributed by atoms with Crippen molar-refractivity contribution in [3.63, 3.8) is 0 Å². The molecule has 0 radical (unpaired) electrons. The van der Waals surface area contributed by atoms with Gasteiger partial charge in [-0.25, -0.2) is 4.39 Å². The van der Waals surface area contributed by atoms with Crippen LogP contribution >= 0.6 is 31.9 Å². The fourth-order valence-corrected chi connectivity index (χ4v) is 1.44. The first kappa shape index (κ1) is 11.9. The van der Waals surface area contributed by atoms with E-state index in [0.717, 1.165) is 12.8 Å². The Labute approximate surface area is 85.2 Å². The van der Waals surface area contributed by atoms with Gasteiger partial charge in [0.25, 0.3) is 0 Å². The third kappa shape index (κ3) is 7.26. The van der Waals surface area contributed by atoms with Crippen molar-refractivity contribution in [2.24, 2.45) is 0 Å². The third-order valence-electron chi connectivity index (χ3n) is 1.59. The van der Waals surface area contributed by atoms with Gasteiger partial charge in [0.2, 0.25) is 0 Å². The van der Waals surface area contributed by atoms with E-state index < -0.39 is 4.58 Å². The first-order valence-electron chi connectivity index (χ1n) is 4.06. The SMILES string of the molecule is CCCCCCC(F)(Br)CBr. The number of alkyl halides is 3. The van der Waals surface area contributed by atoms with Crippen LogP contribution in [0.3, 0.4) is 0 Å². The molecule has 0 aromatic rings. The Balaban J connectivity index is 3.23. The van der Waals surface area contributed by atoms with Gasteiger partial charge in [0, 0.05) is 5.33 Å². The summed E-state index contributed by atoms with van der Waals surface area (Å²) in [5.74, 6) is 0. The molecule has 0 aliphatic rings. The van der Waals surface area contributed by atoms with Gasteiger partial charge in [-0.05, 0) is 28.8 Å². The van der Waals surface area contributed by atoms with Crippen LogP contribution in [0.1, 0.15) is 39.0 Å². The normalized spacial score (nSPS) is 16.4. The lowest BCUT2D eigenvalue weighted by Crippen LogP contribution is -2.14. The van der Waals surface area contributed by atoms with E-state index in [0.29, 0.717) is 11.8 Å². The minimum absolute atomic E-state index is 0.381. The molecule has 0 nitrogen and oxygen atoms in total. The maximum absolute atomic E-state index is 13.1. The van der Waals surface area contributed by atoms with Crippen molar-refractivity contribution in [1.29, 1.82) is 0 Å². The van der Waals surface area contributed by atoms with E-state index in [1.54, 1.807) is 0 Å². The first-order valence-corrected chi connectivity index (χ1v) is 5.97. The van der Waals surface area contributed by atoms with Crippen LogP contribution in [0.5, 0.6) is 0 Å². The second-order valence-corrected chi connectivity index (χ2v) is 4.78. The van der Waals surface area contributed by atoms with E-state index in [1.807, 2.05) is 0 Å². The lowest BCUT2D eigenvalue weighted by Gasteiger charge is -2.13. The van der Waals surface area contributed by atoms with Gasteiger partial charge in [-0.1, -0.05) is 42.1 Å². The van der Waals surface area contributed by atoms with Gasteiger partial charge < -0.3 is 0 Å². The van der Waals surface area contributed by atoms with E-state index in [-0.39, 0.29) is 0 Å². The zero-order chi connectivity index (χ0) is 8.74. The standard InChI is InChI=1S/C8H15Br2F/c1-2-3-4-5-6-8(10,11)7-9/h2-7H2,1H3. The van der Waals surface area contributed by atoms with Crippen LogP contribution < -0.4 is 0 Å². The zero-order valence-electron chi connectivity index (χ0n) is 6.88. The van der Waals surface area contributed by atoms with Crippen LogP contribution in [0.4, 0.5) is 4.39 Å². The monoisotopic (exact) mass is 288 g/mol. The minimum atomic E-state index is -1.18. The highest BCUT2D eigenvalue weighted by Crippen LogP contribution is 2.28. The summed E-state index contributed by atoms with van der Waals surface area (Å²) in [5, 5.41) is 0.381. The molecule has 0 N–H and O–H groups in total. The second-order valence-electron chi connectivity index (χ2n) is 2.80. The largest absolute Gasteiger partial charge is 0.230 e. The molecule has 11 heavy (non-hydrogen) atoms. The van der Waals surface area contributed by atoms with E-state index in [2.05, 4.69) is 38.8 Å². The van der Waals surface area contributed by atoms with Gasteiger partial charge in [-0.15, -0.1) is 0 Å². The predicted octanol–water partition coefficient (Wildman–Crippen LogP) is 4.41. The summed E-state index contributed by atoms with van der Waals surface area (Å²) in [5.41, 5.74) is 0. The van der Waals surface area contributed by atoms with Gasteiger partial charge in [0.1, 0.15) is 0 Å². The van der Waals surface area contributed by atoms with Crippen molar-refractivity contribution in [2.75, 3.05) is 5.33 Å². The Morgan fingerprint density at radius 3 is 2.36 bits per heavy atom. The Hall–Kier alpha value is 0.890. The smallest absolute Gasteiger partial charge is 0.174 e. The zero-order valence-corrected chi connectivity index (χ0v) is 10.0. The second kappa shape index (κ2) is 6.41. The van der Waals surface area contributed by atoms with Crippen LogP contribution in [0, 0.1) is 0 Å². The van der Waals surface area contributed by atoms with Gasteiger partial charge in [-0.3, -0.25) is 0 Å². The molecule has 1 atom stereocenters. The molecule has 0 aromatic carbocycles. The Bertz CT molecular complexity index is 94.1. The van der Waals surface area contributed by atoms with Crippen molar-refractivity contribution in [1.82, 2.24) is 0 Å². The van der Waals surface area contributed by atoms with Crippen LogP contribution in [-0.4, -0.2) is 9.91 Å². The molecule has 0 saturated carbocycles. The number of rotatable bonds is 6. The summed E-state index contributed by atoms with van der Waals surface area (Å²) >= 11 is 6.14. The lowest BCUT2D eigenvalue weighted by atomic mass is 10.1. The maximum atomic E-state index is 13.1. The van der Waals surface area contributed by atoms with Crippen LogP contribution in [-0.2, 0) is 0 Å². The van der Waals surface area contributed by atoms with Crippen LogP contribution in [0.15, 0.2) is 0 Å². The molecule has 0 saturated heterocycles. The number of hydrogen-bond acceptors (Lipinski definition) is 0. The molecular weight excluding hydrogens is 275 g/mol. The summed E-state index contributed by atoms with van der Waals surface area (Å²) < 4.78 is 11.9. The van der Waals surface area contributed by atoms with Gasteiger partial charge >= 0.3 is 0 Å². The number of unbranched alkanes of at least 4 members (excludes halogenated alkanes) is 3. The average molecular weight is 290 g/mol. The quantitative estimate of drug-likeness (QED) is 0.502. The van der Waals surface area contributed by atoms with Crippen LogP contribution in [0.25, 0.3) is 0 Å². The molecule has 0 amide bonds. The molecular formula is C8H15Br2F. The topological polar surface area (TPSA) is 0 Å². The highest BCUT2D eigenvalue weighted by Gasteiger charge is 2.22. The summed E-state index contributed by atoms with van der Waals surface area (Å²) in [7, 11) is 0. The highest BCUT2D eigenvalue weighted by atomic mass is 79.9. The molecule has 0 heterocycles. The number of halogens is 3. The lowest BCUT2D eigenvalue weighted by molar-refractivity contribution is 0.304. The highest BCUT2D eigenvalue weighted by molar-refractivity contribution is 9.12. The predicted molar refractivity (Wildman–Crippen MR) is 55.3 cm³/mol. The van der Waals surface area contributed by atoms with Crippen molar-refractivity contribution >= 4 is 31.9 Å². The molecule has 0 fully saturated rings. The van der Waals surface area contributed by atoms with Crippen molar-refractivity contribution in [2.45, 2.75) is 43.6 Å². The van der Waals surface area contributed by atoms with Crippen molar-refractivity contribution in [3.8, 4) is 0 Å². The molecule has 0 aliphatic heterocycles. The first-order chi connectivity index (χ1) is 5.12. The molecule has 0 aliphatic carbocycles. The van der Waals surface area contributed by atoms with E-state index in [4.69, 9.17) is 0 Å². The fraction of sp³-hybridized carbons (Fsp3) is 1.00. The van der Waals surface area contributed by atoms with E-state index in [1.165, 1.54) is 12.8 Å². The third-order valence-corrected chi connectivity index (χ3v) is 3.91. The maximum Gasteiger partial charge on any atom is 0.174 e. The molecule has 0 rings (SSSR count). The fourth-order valence-electron chi connectivity index (χ4n) is 0.877. The van der Waals surface area contributed by atoms with E-state index >= 15 is 0 Å². The Kier molecular flexibility index (Phi) is 6.93. The molecule has 0 spiro atoms. The molecule has 0 aromatic heterocycles. The van der Waals surface area contributed by atoms with Crippen molar-refractivity contribution < 1.29 is 4.39 Å². The molecule has 68 valence electrons. The van der Waals surface area contributed by atoms with Crippen molar-refractivity contribution in [3.05, 3.63) is 0 Å². The summed E-state index contributed by atoms with van der Waals surface area (Å²) in [4.78, 5) is 0. The summed E-state index contributed by atoms with van der Waals surface area (Å²) in [6, 6.07) is 0. The number of hydrogen-bond donors (Lipinski definition) is 0. The molecule has 0 bridgehead atoms. The minimum Gasteiger partial charge on any atom is -0.230 e. The van der Waals surface area contributed by atoms with Gasteiger partial charge in [-0.2, -0.15) is 0 Å². The molecule has 1 unspecified atom stereocenters.